The van der Waals surface area contributed by atoms with Gasteiger partial charge in [0.2, 0.25) is 0 Å². The van der Waals surface area contributed by atoms with Crippen LogP contribution in [0.2, 0.25) is 0 Å². The Morgan fingerprint density at radius 3 is 1.91 bits per heavy atom. The second-order valence-corrected chi connectivity index (χ2v) is 6.10. The Morgan fingerprint density at radius 1 is 0.864 bits per heavy atom. The van der Waals surface area contributed by atoms with Gasteiger partial charge in [0.1, 0.15) is 0 Å². The molecular weight excluding hydrogens is 266 g/mol. The summed E-state index contributed by atoms with van der Waals surface area (Å²) in [5.41, 5.74) is 1.34. The van der Waals surface area contributed by atoms with Gasteiger partial charge in [0.25, 0.3) is 0 Å². The van der Waals surface area contributed by atoms with E-state index in [-0.39, 0.29) is 0 Å². The Labute approximate surface area is 139 Å². The Morgan fingerprint density at radius 2 is 1.41 bits per heavy atom. The number of hydrogen-bond donors (Lipinski definition) is 0. The van der Waals surface area contributed by atoms with Gasteiger partial charge in [0.15, 0.2) is 0 Å². The maximum Gasteiger partial charge on any atom is 0.0270 e. The molecule has 0 aliphatic rings. The summed E-state index contributed by atoms with van der Waals surface area (Å²) in [6, 6.07) is 0. The topological polar surface area (TPSA) is 12.4 Å². The predicted octanol–water partition coefficient (Wildman–Crippen LogP) is 7.26. The smallest absolute Gasteiger partial charge is 0.0270 e. The molecule has 0 radical (unpaired) electrons. The highest BCUT2D eigenvalue weighted by molar-refractivity contribution is 5.73. The third-order valence-corrected chi connectivity index (χ3v) is 4.23. The van der Waals surface area contributed by atoms with Crippen molar-refractivity contribution in [2.24, 2.45) is 10.9 Å². The molecule has 0 aromatic heterocycles. The molecule has 0 rings (SSSR count). The van der Waals surface area contributed by atoms with Gasteiger partial charge in [-0.3, -0.25) is 4.99 Å². The summed E-state index contributed by atoms with van der Waals surface area (Å²) in [5.74, 6) is 0.646. The summed E-state index contributed by atoms with van der Waals surface area (Å²) in [5, 5.41) is 0. The zero-order valence-corrected chi connectivity index (χ0v) is 15.0. The molecular formula is C21H37N. The molecule has 0 spiro atoms. The predicted molar refractivity (Wildman–Crippen MR) is 103 cm³/mol. The monoisotopic (exact) mass is 303 g/mol. The lowest BCUT2D eigenvalue weighted by Gasteiger charge is -2.18. The third-order valence-electron chi connectivity index (χ3n) is 4.23. The number of unbranched alkanes of at least 4 members (excludes halogenated alkanes) is 7. The second-order valence-electron chi connectivity index (χ2n) is 6.10. The molecule has 0 aromatic carbocycles. The van der Waals surface area contributed by atoms with Gasteiger partial charge in [0, 0.05) is 12.4 Å². The minimum absolute atomic E-state index is 0.646. The van der Waals surface area contributed by atoms with E-state index in [4.69, 9.17) is 0 Å². The highest BCUT2D eigenvalue weighted by atomic mass is 14.6. The second kappa shape index (κ2) is 16.3. The van der Waals surface area contributed by atoms with Gasteiger partial charge in [-0.1, -0.05) is 90.9 Å². The first-order valence-corrected chi connectivity index (χ1v) is 9.26. The molecule has 126 valence electrons. The van der Waals surface area contributed by atoms with E-state index in [0.717, 1.165) is 0 Å². The first-order chi connectivity index (χ1) is 10.8. The SMILES string of the molecule is C=C/N=C\C=C(/C=C)C(CCCCCC)CCCCCCC. The Balaban J connectivity index is 4.45. The first kappa shape index (κ1) is 20.9. The van der Waals surface area contributed by atoms with Crippen LogP contribution in [-0.2, 0) is 0 Å². The number of hydrogen-bond acceptors (Lipinski definition) is 1. The average Bonchev–Trinajstić information content (AvgIpc) is 2.54. The van der Waals surface area contributed by atoms with Crippen LogP contribution in [0.3, 0.4) is 0 Å². The molecule has 0 bridgehead atoms. The van der Waals surface area contributed by atoms with E-state index in [0.29, 0.717) is 5.92 Å². The fraction of sp³-hybridized carbons (Fsp3) is 0.667. The maximum atomic E-state index is 4.09. The number of nitrogens with zero attached hydrogens (tertiary/aromatic N) is 1. The fourth-order valence-electron chi connectivity index (χ4n) is 2.85. The van der Waals surface area contributed by atoms with Crippen LogP contribution in [-0.4, -0.2) is 6.21 Å². The van der Waals surface area contributed by atoms with Crippen molar-refractivity contribution in [2.75, 3.05) is 0 Å². The van der Waals surface area contributed by atoms with Crippen molar-refractivity contribution >= 4 is 6.21 Å². The number of rotatable bonds is 15. The lowest BCUT2D eigenvalue weighted by Crippen LogP contribution is -2.04. The summed E-state index contributed by atoms with van der Waals surface area (Å²) in [6.45, 7) is 12.2. The van der Waals surface area contributed by atoms with E-state index in [2.05, 4.69) is 38.1 Å². The standard InChI is InChI=1S/C21H37N/c1-5-9-11-13-15-17-21(16-14-12-10-6-2)20(7-3)18-19-22-8-4/h7-8,18-19,21H,3-6,9-17H2,1-2H3/b20-18+,22-19-. The molecule has 1 atom stereocenters. The lowest BCUT2D eigenvalue weighted by atomic mass is 9.87. The van der Waals surface area contributed by atoms with Gasteiger partial charge in [-0.25, -0.2) is 0 Å². The van der Waals surface area contributed by atoms with Crippen LogP contribution < -0.4 is 0 Å². The van der Waals surface area contributed by atoms with Crippen LogP contribution in [0.1, 0.15) is 84.5 Å². The van der Waals surface area contributed by atoms with Gasteiger partial charge < -0.3 is 0 Å². The van der Waals surface area contributed by atoms with E-state index in [9.17, 15) is 0 Å². The zero-order chi connectivity index (χ0) is 16.5. The molecule has 0 amide bonds. The van der Waals surface area contributed by atoms with E-state index >= 15 is 0 Å². The minimum atomic E-state index is 0.646. The van der Waals surface area contributed by atoms with Crippen LogP contribution in [0.15, 0.2) is 42.1 Å². The van der Waals surface area contributed by atoms with E-state index in [1.165, 1.54) is 76.2 Å². The zero-order valence-electron chi connectivity index (χ0n) is 15.0. The van der Waals surface area contributed by atoms with Crippen molar-refractivity contribution in [3.05, 3.63) is 37.1 Å². The van der Waals surface area contributed by atoms with Crippen molar-refractivity contribution in [3.8, 4) is 0 Å². The summed E-state index contributed by atoms with van der Waals surface area (Å²) >= 11 is 0. The van der Waals surface area contributed by atoms with Crippen molar-refractivity contribution in [3.63, 3.8) is 0 Å². The number of aliphatic imine (C=N–C) groups is 1. The van der Waals surface area contributed by atoms with Crippen molar-refractivity contribution < 1.29 is 0 Å². The quantitative estimate of drug-likeness (QED) is 0.171. The van der Waals surface area contributed by atoms with Gasteiger partial charge >= 0.3 is 0 Å². The lowest BCUT2D eigenvalue weighted by molar-refractivity contribution is 0.459. The molecule has 0 aliphatic heterocycles. The van der Waals surface area contributed by atoms with Crippen molar-refractivity contribution in [1.82, 2.24) is 0 Å². The van der Waals surface area contributed by atoms with Crippen LogP contribution in [0, 0.1) is 5.92 Å². The summed E-state index contributed by atoms with van der Waals surface area (Å²) in [6.07, 6.45) is 22.3. The van der Waals surface area contributed by atoms with Gasteiger partial charge in [-0.05, 0) is 30.4 Å². The van der Waals surface area contributed by atoms with Crippen LogP contribution in [0.5, 0.6) is 0 Å². The van der Waals surface area contributed by atoms with E-state index in [1.54, 1.807) is 6.20 Å². The molecule has 0 saturated carbocycles. The Hall–Kier alpha value is -1.11. The van der Waals surface area contributed by atoms with Crippen molar-refractivity contribution in [2.45, 2.75) is 84.5 Å². The molecule has 22 heavy (non-hydrogen) atoms. The summed E-state index contributed by atoms with van der Waals surface area (Å²) in [4.78, 5) is 4.09. The average molecular weight is 304 g/mol. The molecule has 1 unspecified atom stereocenters. The van der Waals surface area contributed by atoms with E-state index in [1.807, 2.05) is 12.3 Å². The van der Waals surface area contributed by atoms with Gasteiger partial charge in [-0.15, -0.1) is 0 Å². The summed E-state index contributed by atoms with van der Waals surface area (Å²) in [7, 11) is 0. The molecule has 0 saturated heterocycles. The first-order valence-electron chi connectivity index (χ1n) is 9.26. The van der Waals surface area contributed by atoms with Crippen LogP contribution >= 0.6 is 0 Å². The molecule has 0 aromatic rings. The maximum absolute atomic E-state index is 4.09. The van der Waals surface area contributed by atoms with Crippen molar-refractivity contribution in [1.29, 1.82) is 0 Å². The summed E-state index contributed by atoms with van der Waals surface area (Å²) < 4.78 is 0. The molecule has 0 fully saturated rings. The molecule has 0 heterocycles. The molecule has 1 heteroatoms. The third kappa shape index (κ3) is 11.5. The normalized spacial score (nSPS) is 13.5. The van der Waals surface area contributed by atoms with E-state index < -0.39 is 0 Å². The molecule has 1 nitrogen and oxygen atoms in total. The minimum Gasteiger partial charge on any atom is -0.265 e. The van der Waals surface area contributed by atoms with Crippen LogP contribution in [0.25, 0.3) is 0 Å². The fourth-order valence-corrected chi connectivity index (χ4v) is 2.85. The highest BCUT2D eigenvalue weighted by Gasteiger charge is 2.11. The van der Waals surface area contributed by atoms with Crippen LogP contribution in [0.4, 0.5) is 0 Å². The molecule has 0 aliphatic carbocycles. The van der Waals surface area contributed by atoms with Gasteiger partial charge in [-0.2, -0.15) is 0 Å². The Kier molecular flexibility index (Phi) is 15.4. The molecule has 0 N–H and O–H groups in total. The highest BCUT2D eigenvalue weighted by Crippen LogP contribution is 2.26. The largest absolute Gasteiger partial charge is 0.265 e. The Bertz CT molecular complexity index is 325. The van der Waals surface area contributed by atoms with Gasteiger partial charge in [0.05, 0.1) is 0 Å². The number of allylic oxidation sites excluding steroid dienone is 3.